The van der Waals surface area contributed by atoms with E-state index in [1.54, 1.807) is 23.1 Å². The Hall–Kier alpha value is -1.71. The topological polar surface area (TPSA) is 29.5 Å². The first-order valence-corrected chi connectivity index (χ1v) is 7.34. The summed E-state index contributed by atoms with van der Waals surface area (Å²) >= 11 is 11.9. The van der Waals surface area contributed by atoms with Crippen molar-refractivity contribution in [2.45, 2.75) is 13.0 Å². The standard InChI is InChI=1S/C16H13Cl2NO2/c1-10-9-19(14-4-2-3-5-15(14)21-10)16(20)11-6-7-12(17)13(18)8-11/h2-8,10H,9H2,1H3. The summed E-state index contributed by atoms with van der Waals surface area (Å²) in [4.78, 5) is 14.5. The lowest BCUT2D eigenvalue weighted by Gasteiger charge is -2.33. The van der Waals surface area contributed by atoms with Crippen molar-refractivity contribution in [2.24, 2.45) is 0 Å². The van der Waals surface area contributed by atoms with Crippen molar-refractivity contribution in [1.29, 1.82) is 0 Å². The van der Waals surface area contributed by atoms with Crippen LogP contribution in [0.5, 0.6) is 5.75 Å². The molecule has 1 atom stereocenters. The molecule has 0 spiro atoms. The molecule has 1 aliphatic rings. The lowest BCUT2D eigenvalue weighted by Crippen LogP contribution is -2.42. The van der Waals surface area contributed by atoms with E-state index in [1.165, 1.54) is 0 Å². The second-order valence-electron chi connectivity index (χ2n) is 4.94. The number of ether oxygens (including phenoxy) is 1. The van der Waals surface area contributed by atoms with Crippen LogP contribution in [0, 0.1) is 0 Å². The molecule has 1 amide bonds. The zero-order valence-corrected chi connectivity index (χ0v) is 12.9. The second kappa shape index (κ2) is 5.58. The molecule has 3 rings (SSSR count). The Kier molecular flexibility index (Phi) is 3.79. The molecule has 0 radical (unpaired) electrons. The highest BCUT2D eigenvalue weighted by atomic mass is 35.5. The lowest BCUT2D eigenvalue weighted by molar-refractivity contribution is 0.0961. The highest BCUT2D eigenvalue weighted by molar-refractivity contribution is 6.42. The fourth-order valence-electron chi connectivity index (χ4n) is 2.37. The first-order valence-electron chi connectivity index (χ1n) is 6.59. The van der Waals surface area contributed by atoms with Gasteiger partial charge in [-0.3, -0.25) is 4.79 Å². The van der Waals surface area contributed by atoms with Crippen molar-refractivity contribution >= 4 is 34.8 Å². The number of nitrogens with zero attached hydrogens (tertiary/aromatic N) is 1. The van der Waals surface area contributed by atoms with Crippen molar-refractivity contribution in [3.8, 4) is 5.75 Å². The predicted octanol–water partition coefficient (Wildman–Crippen LogP) is 4.42. The smallest absolute Gasteiger partial charge is 0.258 e. The lowest BCUT2D eigenvalue weighted by atomic mass is 10.1. The number of para-hydroxylation sites is 2. The van der Waals surface area contributed by atoms with E-state index in [0.29, 0.717) is 27.9 Å². The van der Waals surface area contributed by atoms with Gasteiger partial charge in [0.25, 0.3) is 5.91 Å². The number of hydrogen-bond acceptors (Lipinski definition) is 2. The van der Waals surface area contributed by atoms with Crippen LogP contribution in [0.4, 0.5) is 5.69 Å². The SMILES string of the molecule is CC1CN(C(=O)c2ccc(Cl)c(Cl)c2)c2ccccc2O1. The largest absolute Gasteiger partial charge is 0.487 e. The van der Waals surface area contributed by atoms with Gasteiger partial charge >= 0.3 is 0 Å². The number of anilines is 1. The van der Waals surface area contributed by atoms with E-state index in [-0.39, 0.29) is 12.0 Å². The molecule has 0 bridgehead atoms. The molecule has 0 saturated heterocycles. The molecule has 108 valence electrons. The van der Waals surface area contributed by atoms with Gasteiger partial charge in [0, 0.05) is 5.56 Å². The van der Waals surface area contributed by atoms with Crippen LogP contribution in [0.1, 0.15) is 17.3 Å². The molecule has 0 N–H and O–H groups in total. The van der Waals surface area contributed by atoms with Crippen molar-refractivity contribution in [2.75, 3.05) is 11.4 Å². The van der Waals surface area contributed by atoms with Crippen LogP contribution in [0.15, 0.2) is 42.5 Å². The Morgan fingerprint density at radius 3 is 2.71 bits per heavy atom. The zero-order valence-electron chi connectivity index (χ0n) is 11.3. The molecular formula is C16H13Cl2NO2. The highest BCUT2D eigenvalue weighted by Gasteiger charge is 2.28. The van der Waals surface area contributed by atoms with Crippen molar-refractivity contribution in [1.82, 2.24) is 0 Å². The fourth-order valence-corrected chi connectivity index (χ4v) is 2.66. The van der Waals surface area contributed by atoms with E-state index < -0.39 is 0 Å². The number of benzene rings is 2. The first-order chi connectivity index (χ1) is 10.1. The maximum atomic E-state index is 12.7. The van der Waals surface area contributed by atoms with Crippen LogP contribution in [-0.4, -0.2) is 18.6 Å². The fraction of sp³-hybridized carbons (Fsp3) is 0.188. The van der Waals surface area contributed by atoms with E-state index in [0.717, 1.165) is 5.69 Å². The Bertz CT molecular complexity index is 702. The normalized spacial score (nSPS) is 17.1. The number of fused-ring (bicyclic) bond motifs is 1. The molecule has 5 heteroatoms. The minimum Gasteiger partial charge on any atom is -0.487 e. The Balaban J connectivity index is 1.99. The van der Waals surface area contributed by atoms with Gasteiger partial charge in [-0.05, 0) is 37.3 Å². The molecule has 0 fully saturated rings. The van der Waals surface area contributed by atoms with Crippen molar-refractivity contribution in [3.05, 3.63) is 58.1 Å². The molecule has 1 heterocycles. The Labute approximate surface area is 133 Å². The molecule has 0 saturated carbocycles. The molecule has 0 aromatic heterocycles. The van der Waals surface area contributed by atoms with Gasteiger partial charge in [-0.1, -0.05) is 35.3 Å². The van der Waals surface area contributed by atoms with E-state index in [2.05, 4.69) is 0 Å². The van der Waals surface area contributed by atoms with Gasteiger partial charge in [0.05, 0.1) is 22.3 Å². The van der Waals surface area contributed by atoms with Crippen LogP contribution < -0.4 is 9.64 Å². The summed E-state index contributed by atoms with van der Waals surface area (Å²) in [6.07, 6.45) is -0.0633. The van der Waals surface area contributed by atoms with E-state index in [9.17, 15) is 4.79 Å². The second-order valence-corrected chi connectivity index (χ2v) is 5.76. The number of carbonyl (C=O) groups excluding carboxylic acids is 1. The quantitative estimate of drug-likeness (QED) is 0.778. The van der Waals surface area contributed by atoms with Crippen molar-refractivity contribution < 1.29 is 9.53 Å². The van der Waals surface area contributed by atoms with Crippen molar-refractivity contribution in [3.63, 3.8) is 0 Å². The summed E-state index contributed by atoms with van der Waals surface area (Å²) in [7, 11) is 0. The van der Waals surface area contributed by atoms with Crippen LogP contribution >= 0.6 is 23.2 Å². The molecule has 3 nitrogen and oxygen atoms in total. The Morgan fingerprint density at radius 1 is 1.19 bits per heavy atom. The number of amides is 1. The van der Waals surface area contributed by atoms with Gasteiger partial charge in [-0.2, -0.15) is 0 Å². The minimum atomic E-state index is -0.115. The van der Waals surface area contributed by atoms with E-state index >= 15 is 0 Å². The average Bonchev–Trinajstić information content (AvgIpc) is 2.48. The van der Waals surface area contributed by atoms with Crippen LogP contribution in [0.2, 0.25) is 10.0 Å². The first kappa shape index (κ1) is 14.2. The third kappa shape index (κ3) is 2.71. The monoisotopic (exact) mass is 321 g/mol. The summed E-state index contributed by atoms with van der Waals surface area (Å²) in [6, 6.07) is 12.4. The maximum absolute atomic E-state index is 12.7. The molecule has 1 unspecified atom stereocenters. The number of halogens is 2. The molecule has 21 heavy (non-hydrogen) atoms. The summed E-state index contributed by atoms with van der Waals surface area (Å²) in [5.41, 5.74) is 1.28. The van der Waals surface area contributed by atoms with Gasteiger partial charge in [0.1, 0.15) is 11.9 Å². The maximum Gasteiger partial charge on any atom is 0.258 e. The summed E-state index contributed by atoms with van der Waals surface area (Å²) in [6.45, 7) is 2.43. The number of rotatable bonds is 1. The molecular weight excluding hydrogens is 309 g/mol. The summed E-state index contributed by atoms with van der Waals surface area (Å²) in [5.74, 6) is 0.598. The predicted molar refractivity (Wildman–Crippen MR) is 84.7 cm³/mol. The highest BCUT2D eigenvalue weighted by Crippen LogP contribution is 2.34. The van der Waals surface area contributed by atoms with Gasteiger partial charge in [0.15, 0.2) is 0 Å². The number of carbonyl (C=O) groups is 1. The van der Waals surface area contributed by atoms with Gasteiger partial charge in [0.2, 0.25) is 0 Å². The molecule has 2 aromatic rings. The third-order valence-electron chi connectivity index (χ3n) is 3.34. The summed E-state index contributed by atoms with van der Waals surface area (Å²) < 4.78 is 5.75. The van der Waals surface area contributed by atoms with E-state index in [1.807, 2.05) is 31.2 Å². The van der Waals surface area contributed by atoms with Gasteiger partial charge in [-0.15, -0.1) is 0 Å². The Morgan fingerprint density at radius 2 is 1.95 bits per heavy atom. The molecule has 0 aliphatic carbocycles. The van der Waals surface area contributed by atoms with Crippen LogP contribution in [0.25, 0.3) is 0 Å². The molecule has 2 aromatic carbocycles. The van der Waals surface area contributed by atoms with Gasteiger partial charge in [-0.25, -0.2) is 0 Å². The van der Waals surface area contributed by atoms with E-state index in [4.69, 9.17) is 27.9 Å². The summed E-state index contributed by atoms with van der Waals surface area (Å²) in [5, 5.41) is 0.807. The average molecular weight is 322 g/mol. The zero-order chi connectivity index (χ0) is 15.0. The minimum absolute atomic E-state index is 0.0633. The van der Waals surface area contributed by atoms with Crippen LogP contribution in [-0.2, 0) is 0 Å². The van der Waals surface area contributed by atoms with Gasteiger partial charge < -0.3 is 9.64 Å². The molecule has 1 aliphatic heterocycles. The van der Waals surface area contributed by atoms with Crippen LogP contribution in [0.3, 0.4) is 0 Å². The third-order valence-corrected chi connectivity index (χ3v) is 4.07. The number of hydrogen-bond donors (Lipinski definition) is 0.